The standard InChI is InChI=1S/C15H22O/c1-4-6-12(3)15(5-2)14-9-7-13(11-16)8-10-14/h7-12,15H,4-6H2,1-3H3. The molecule has 2 atom stereocenters. The molecule has 2 unspecified atom stereocenters. The lowest BCUT2D eigenvalue weighted by Crippen LogP contribution is -2.08. The summed E-state index contributed by atoms with van der Waals surface area (Å²) >= 11 is 0. The molecule has 0 aliphatic rings. The summed E-state index contributed by atoms with van der Waals surface area (Å²) in [5.74, 6) is 1.35. The molecular formula is C15H22O. The Bertz CT molecular complexity index is 313. The van der Waals surface area contributed by atoms with Crippen LogP contribution < -0.4 is 0 Å². The SMILES string of the molecule is CCCC(C)C(CC)c1ccc(C=O)cc1. The van der Waals surface area contributed by atoms with E-state index in [4.69, 9.17) is 0 Å². The third-order valence-corrected chi connectivity index (χ3v) is 3.37. The van der Waals surface area contributed by atoms with Crippen LogP contribution >= 0.6 is 0 Å². The number of hydrogen-bond acceptors (Lipinski definition) is 1. The van der Waals surface area contributed by atoms with E-state index in [1.165, 1.54) is 24.8 Å². The van der Waals surface area contributed by atoms with Gasteiger partial charge < -0.3 is 0 Å². The Labute approximate surface area is 98.9 Å². The lowest BCUT2D eigenvalue weighted by atomic mass is 9.82. The lowest BCUT2D eigenvalue weighted by molar-refractivity contribution is 0.112. The molecule has 1 nitrogen and oxygen atoms in total. The molecule has 0 aliphatic heterocycles. The van der Waals surface area contributed by atoms with Crippen LogP contribution in [-0.4, -0.2) is 6.29 Å². The van der Waals surface area contributed by atoms with Gasteiger partial charge in [0.1, 0.15) is 6.29 Å². The molecule has 0 saturated heterocycles. The van der Waals surface area contributed by atoms with Crippen molar-refractivity contribution in [1.29, 1.82) is 0 Å². The Kier molecular flexibility index (Phi) is 5.24. The van der Waals surface area contributed by atoms with Crippen LogP contribution in [0.3, 0.4) is 0 Å². The first-order valence-electron chi connectivity index (χ1n) is 6.28. The maximum absolute atomic E-state index is 10.6. The molecule has 0 aromatic heterocycles. The van der Waals surface area contributed by atoms with E-state index in [9.17, 15) is 4.79 Å². The summed E-state index contributed by atoms with van der Waals surface area (Å²) in [6, 6.07) is 8.04. The van der Waals surface area contributed by atoms with E-state index in [0.29, 0.717) is 5.92 Å². The first-order chi connectivity index (χ1) is 7.72. The van der Waals surface area contributed by atoms with Crippen molar-refractivity contribution in [2.45, 2.75) is 46.0 Å². The first kappa shape index (κ1) is 13.0. The van der Waals surface area contributed by atoms with E-state index >= 15 is 0 Å². The van der Waals surface area contributed by atoms with E-state index in [2.05, 4.69) is 32.9 Å². The van der Waals surface area contributed by atoms with Crippen LogP contribution in [0.1, 0.15) is 61.9 Å². The van der Waals surface area contributed by atoms with Gasteiger partial charge in [0.2, 0.25) is 0 Å². The van der Waals surface area contributed by atoms with Crippen LogP contribution in [0, 0.1) is 5.92 Å². The Morgan fingerprint density at radius 1 is 1.19 bits per heavy atom. The van der Waals surface area contributed by atoms with Crippen LogP contribution in [0.15, 0.2) is 24.3 Å². The van der Waals surface area contributed by atoms with Gasteiger partial charge in [-0.2, -0.15) is 0 Å². The lowest BCUT2D eigenvalue weighted by Gasteiger charge is -2.22. The minimum Gasteiger partial charge on any atom is -0.298 e. The molecule has 0 saturated carbocycles. The number of aldehydes is 1. The summed E-state index contributed by atoms with van der Waals surface area (Å²) < 4.78 is 0. The normalized spacial score (nSPS) is 14.4. The van der Waals surface area contributed by atoms with Crippen molar-refractivity contribution in [2.24, 2.45) is 5.92 Å². The Morgan fingerprint density at radius 3 is 2.25 bits per heavy atom. The van der Waals surface area contributed by atoms with Gasteiger partial charge in [0.25, 0.3) is 0 Å². The van der Waals surface area contributed by atoms with Gasteiger partial charge in [-0.15, -0.1) is 0 Å². The molecule has 0 spiro atoms. The molecule has 1 aromatic rings. The molecule has 1 aromatic carbocycles. The van der Waals surface area contributed by atoms with E-state index < -0.39 is 0 Å². The molecule has 0 aliphatic carbocycles. The van der Waals surface area contributed by atoms with Crippen molar-refractivity contribution in [2.75, 3.05) is 0 Å². The molecule has 1 rings (SSSR count). The third kappa shape index (κ3) is 3.19. The highest BCUT2D eigenvalue weighted by Crippen LogP contribution is 2.30. The predicted molar refractivity (Wildman–Crippen MR) is 68.9 cm³/mol. The molecule has 0 radical (unpaired) electrons. The van der Waals surface area contributed by atoms with Crippen LogP contribution in [-0.2, 0) is 0 Å². The minimum absolute atomic E-state index is 0.626. The van der Waals surface area contributed by atoms with Crippen LogP contribution in [0.2, 0.25) is 0 Å². The number of benzene rings is 1. The van der Waals surface area contributed by atoms with Crippen LogP contribution in [0.4, 0.5) is 0 Å². The van der Waals surface area contributed by atoms with Gasteiger partial charge in [-0.25, -0.2) is 0 Å². The highest BCUT2D eigenvalue weighted by atomic mass is 16.1. The Balaban J connectivity index is 2.81. The van der Waals surface area contributed by atoms with Gasteiger partial charge in [0.15, 0.2) is 0 Å². The van der Waals surface area contributed by atoms with Crippen molar-refractivity contribution in [1.82, 2.24) is 0 Å². The van der Waals surface area contributed by atoms with Crippen LogP contribution in [0.5, 0.6) is 0 Å². The average Bonchev–Trinajstić information content (AvgIpc) is 2.31. The fourth-order valence-electron chi connectivity index (χ4n) is 2.44. The minimum atomic E-state index is 0.626. The average molecular weight is 218 g/mol. The number of hydrogen-bond donors (Lipinski definition) is 0. The molecule has 88 valence electrons. The van der Waals surface area contributed by atoms with Gasteiger partial charge in [-0.05, 0) is 23.8 Å². The number of rotatable bonds is 6. The van der Waals surface area contributed by atoms with E-state index in [-0.39, 0.29) is 0 Å². The van der Waals surface area contributed by atoms with Gasteiger partial charge in [-0.3, -0.25) is 4.79 Å². The molecule has 0 amide bonds. The summed E-state index contributed by atoms with van der Waals surface area (Å²) in [5.41, 5.74) is 2.13. The maximum atomic E-state index is 10.6. The molecule has 0 N–H and O–H groups in total. The highest BCUT2D eigenvalue weighted by molar-refractivity contribution is 5.74. The zero-order valence-corrected chi connectivity index (χ0v) is 10.6. The smallest absolute Gasteiger partial charge is 0.150 e. The monoisotopic (exact) mass is 218 g/mol. The van der Waals surface area contributed by atoms with E-state index in [1.54, 1.807) is 0 Å². The van der Waals surface area contributed by atoms with Crippen molar-refractivity contribution in [3.63, 3.8) is 0 Å². The summed E-state index contributed by atoms with van der Waals surface area (Å²) in [6.45, 7) is 6.80. The fourth-order valence-corrected chi connectivity index (χ4v) is 2.44. The highest BCUT2D eigenvalue weighted by Gasteiger charge is 2.16. The molecule has 16 heavy (non-hydrogen) atoms. The second-order valence-electron chi connectivity index (χ2n) is 4.57. The summed E-state index contributed by atoms with van der Waals surface area (Å²) in [6.07, 6.45) is 4.58. The zero-order valence-electron chi connectivity index (χ0n) is 10.6. The van der Waals surface area contributed by atoms with E-state index in [1.807, 2.05) is 12.1 Å². The molecular weight excluding hydrogens is 196 g/mol. The van der Waals surface area contributed by atoms with Crippen LogP contribution in [0.25, 0.3) is 0 Å². The van der Waals surface area contributed by atoms with Crippen molar-refractivity contribution < 1.29 is 4.79 Å². The molecule has 1 heteroatoms. The Hall–Kier alpha value is -1.11. The third-order valence-electron chi connectivity index (χ3n) is 3.37. The predicted octanol–water partition coefficient (Wildman–Crippen LogP) is 4.43. The zero-order chi connectivity index (χ0) is 12.0. The summed E-state index contributed by atoms with van der Waals surface area (Å²) in [7, 11) is 0. The Morgan fingerprint density at radius 2 is 1.81 bits per heavy atom. The largest absolute Gasteiger partial charge is 0.298 e. The van der Waals surface area contributed by atoms with Gasteiger partial charge >= 0.3 is 0 Å². The number of carbonyl (C=O) groups is 1. The van der Waals surface area contributed by atoms with Crippen molar-refractivity contribution in [3.05, 3.63) is 35.4 Å². The topological polar surface area (TPSA) is 17.1 Å². The molecule has 0 fully saturated rings. The second-order valence-corrected chi connectivity index (χ2v) is 4.57. The second kappa shape index (κ2) is 6.47. The summed E-state index contributed by atoms with van der Waals surface area (Å²) in [5, 5.41) is 0. The first-order valence-corrected chi connectivity index (χ1v) is 6.28. The molecule has 0 heterocycles. The molecule has 0 bridgehead atoms. The van der Waals surface area contributed by atoms with Crippen molar-refractivity contribution >= 4 is 6.29 Å². The van der Waals surface area contributed by atoms with Gasteiger partial charge in [-0.1, -0.05) is 57.9 Å². The maximum Gasteiger partial charge on any atom is 0.150 e. The fraction of sp³-hybridized carbons (Fsp3) is 0.533. The van der Waals surface area contributed by atoms with Gasteiger partial charge in [0.05, 0.1) is 0 Å². The summed E-state index contributed by atoms with van der Waals surface area (Å²) in [4.78, 5) is 10.6. The number of carbonyl (C=O) groups excluding carboxylic acids is 1. The quantitative estimate of drug-likeness (QED) is 0.645. The van der Waals surface area contributed by atoms with Crippen molar-refractivity contribution in [3.8, 4) is 0 Å². The van der Waals surface area contributed by atoms with Gasteiger partial charge in [0, 0.05) is 5.56 Å². The van der Waals surface area contributed by atoms with E-state index in [0.717, 1.165) is 17.8 Å².